The zero-order valence-corrected chi connectivity index (χ0v) is 16.0. The van der Waals surface area contributed by atoms with Crippen molar-refractivity contribution in [3.05, 3.63) is 54.4 Å². The minimum absolute atomic E-state index is 0.0313. The summed E-state index contributed by atoms with van der Waals surface area (Å²) in [4.78, 5) is 18.3. The molecular weight excluding hydrogens is 366 g/mol. The van der Waals surface area contributed by atoms with Gasteiger partial charge in [-0.05, 0) is 43.0 Å². The van der Waals surface area contributed by atoms with Crippen molar-refractivity contribution in [2.45, 2.75) is 17.7 Å². The molecule has 0 radical (unpaired) electrons. The molecule has 0 atom stereocenters. The number of para-hydroxylation sites is 1. The second kappa shape index (κ2) is 8.49. The number of sulfonamides is 1. The second-order valence-corrected chi connectivity index (χ2v) is 8.22. The number of ether oxygens (including phenoxy) is 1. The predicted octanol–water partition coefficient (Wildman–Crippen LogP) is 1.92. The fourth-order valence-electron chi connectivity index (χ4n) is 3.16. The smallest absolute Gasteiger partial charge is 0.255 e. The van der Waals surface area contributed by atoms with E-state index in [0.717, 1.165) is 12.8 Å². The molecule has 1 fully saturated rings. The van der Waals surface area contributed by atoms with Crippen molar-refractivity contribution in [2.24, 2.45) is 5.92 Å². The Balaban J connectivity index is 1.54. The van der Waals surface area contributed by atoms with Gasteiger partial charge in [0.15, 0.2) is 0 Å². The summed E-state index contributed by atoms with van der Waals surface area (Å²) in [6, 6.07) is 10.0. The van der Waals surface area contributed by atoms with E-state index in [1.165, 1.54) is 13.2 Å². The first kappa shape index (κ1) is 19.3. The van der Waals surface area contributed by atoms with Gasteiger partial charge in [0.05, 0.1) is 12.7 Å². The number of hydrogen-bond acceptors (Lipinski definition) is 5. The molecule has 1 aliphatic heterocycles. The summed E-state index contributed by atoms with van der Waals surface area (Å²) in [6.45, 7) is 1.55. The van der Waals surface area contributed by atoms with E-state index in [1.54, 1.807) is 47.6 Å². The maximum Gasteiger partial charge on any atom is 0.255 e. The molecule has 144 valence electrons. The number of amides is 1. The van der Waals surface area contributed by atoms with Crippen molar-refractivity contribution < 1.29 is 17.9 Å². The number of piperidine rings is 1. The number of rotatable bonds is 6. The quantitative estimate of drug-likeness (QED) is 0.815. The standard InChI is InChI=1S/C19H23N3O4S/c1-26-17-6-2-3-7-18(17)27(24,25)21-13-15-8-11-22(12-9-15)19(23)16-5-4-10-20-14-16/h2-7,10,14-15,21H,8-9,11-13H2,1H3. The van der Waals surface area contributed by atoms with Crippen molar-refractivity contribution in [1.29, 1.82) is 0 Å². The number of likely N-dealkylation sites (tertiary alicyclic amines) is 1. The average Bonchev–Trinajstić information content (AvgIpc) is 2.73. The molecule has 1 N–H and O–H groups in total. The van der Waals surface area contributed by atoms with Crippen LogP contribution in [0.5, 0.6) is 5.75 Å². The first-order chi connectivity index (χ1) is 13.0. The first-order valence-electron chi connectivity index (χ1n) is 8.83. The highest BCUT2D eigenvalue weighted by molar-refractivity contribution is 7.89. The van der Waals surface area contributed by atoms with E-state index in [4.69, 9.17) is 4.74 Å². The van der Waals surface area contributed by atoms with Crippen LogP contribution in [0.3, 0.4) is 0 Å². The molecule has 2 heterocycles. The lowest BCUT2D eigenvalue weighted by molar-refractivity contribution is 0.0691. The van der Waals surface area contributed by atoms with Crippen molar-refractivity contribution in [2.75, 3.05) is 26.7 Å². The van der Waals surface area contributed by atoms with Gasteiger partial charge in [0.1, 0.15) is 10.6 Å². The third-order valence-electron chi connectivity index (χ3n) is 4.73. The molecule has 0 aliphatic carbocycles. The van der Waals surface area contributed by atoms with E-state index >= 15 is 0 Å². The van der Waals surface area contributed by atoms with Crippen LogP contribution >= 0.6 is 0 Å². The molecule has 1 saturated heterocycles. The van der Waals surface area contributed by atoms with Gasteiger partial charge in [0.2, 0.25) is 10.0 Å². The van der Waals surface area contributed by atoms with Gasteiger partial charge in [-0.25, -0.2) is 13.1 Å². The Morgan fingerprint density at radius 2 is 1.96 bits per heavy atom. The number of nitrogens with one attached hydrogen (secondary N) is 1. The average molecular weight is 389 g/mol. The van der Waals surface area contributed by atoms with Gasteiger partial charge < -0.3 is 9.64 Å². The number of carbonyl (C=O) groups is 1. The van der Waals surface area contributed by atoms with Crippen molar-refractivity contribution in [1.82, 2.24) is 14.6 Å². The van der Waals surface area contributed by atoms with Crippen LogP contribution in [0.15, 0.2) is 53.7 Å². The monoisotopic (exact) mass is 389 g/mol. The summed E-state index contributed by atoms with van der Waals surface area (Å²) in [5.41, 5.74) is 0.577. The number of aromatic nitrogens is 1. The van der Waals surface area contributed by atoms with E-state index in [-0.39, 0.29) is 16.7 Å². The summed E-state index contributed by atoms with van der Waals surface area (Å²) >= 11 is 0. The Kier molecular flexibility index (Phi) is 6.08. The number of nitrogens with zero attached hydrogens (tertiary/aromatic N) is 2. The Morgan fingerprint density at radius 3 is 2.63 bits per heavy atom. The SMILES string of the molecule is COc1ccccc1S(=O)(=O)NCC1CCN(C(=O)c2cccnc2)CC1. The molecular formula is C19H23N3O4S. The molecule has 1 aliphatic rings. The second-order valence-electron chi connectivity index (χ2n) is 6.48. The highest BCUT2D eigenvalue weighted by Gasteiger charge is 2.26. The molecule has 3 rings (SSSR count). The Labute approximate surface area is 159 Å². The predicted molar refractivity (Wildman–Crippen MR) is 101 cm³/mol. The summed E-state index contributed by atoms with van der Waals surface area (Å²) < 4.78 is 32.9. The lowest BCUT2D eigenvalue weighted by Crippen LogP contribution is -2.41. The van der Waals surface area contributed by atoms with Crippen LogP contribution in [-0.2, 0) is 10.0 Å². The molecule has 1 aromatic carbocycles. The summed E-state index contributed by atoms with van der Waals surface area (Å²) in [7, 11) is -2.19. The molecule has 7 nitrogen and oxygen atoms in total. The maximum absolute atomic E-state index is 12.5. The van der Waals surface area contributed by atoms with E-state index < -0.39 is 10.0 Å². The lowest BCUT2D eigenvalue weighted by atomic mass is 9.97. The molecule has 0 bridgehead atoms. The minimum Gasteiger partial charge on any atom is -0.495 e. The van der Waals surface area contributed by atoms with Gasteiger partial charge in [0.25, 0.3) is 5.91 Å². The first-order valence-corrected chi connectivity index (χ1v) is 10.3. The number of benzene rings is 1. The van der Waals surface area contributed by atoms with Crippen LogP contribution in [0.25, 0.3) is 0 Å². The minimum atomic E-state index is -3.64. The normalized spacial score (nSPS) is 15.5. The third kappa shape index (κ3) is 4.64. The molecule has 27 heavy (non-hydrogen) atoms. The molecule has 1 amide bonds. The third-order valence-corrected chi connectivity index (χ3v) is 6.19. The largest absolute Gasteiger partial charge is 0.495 e. The number of hydrogen-bond donors (Lipinski definition) is 1. The maximum atomic E-state index is 12.5. The van der Waals surface area contributed by atoms with Gasteiger partial charge in [-0.3, -0.25) is 9.78 Å². The van der Waals surface area contributed by atoms with Crippen LogP contribution in [0.4, 0.5) is 0 Å². The topological polar surface area (TPSA) is 88.6 Å². The fraction of sp³-hybridized carbons (Fsp3) is 0.368. The number of pyridine rings is 1. The molecule has 0 saturated carbocycles. The van der Waals surface area contributed by atoms with Gasteiger partial charge >= 0.3 is 0 Å². The van der Waals surface area contributed by atoms with Gasteiger partial charge in [-0.2, -0.15) is 0 Å². The Hall–Kier alpha value is -2.45. The Morgan fingerprint density at radius 1 is 1.22 bits per heavy atom. The highest BCUT2D eigenvalue weighted by Crippen LogP contribution is 2.24. The lowest BCUT2D eigenvalue weighted by Gasteiger charge is -2.32. The van der Waals surface area contributed by atoms with Crippen molar-refractivity contribution >= 4 is 15.9 Å². The molecule has 8 heteroatoms. The van der Waals surface area contributed by atoms with Crippen LogP contribution in [0.2, 0.25) is 0 Å². The van der Waals surface area contributed by atoms with Crippen LogP contribution < -0.4 is 9.46 Å². The molecule has 1 aromatic heterocycles. The zero-order valence-electron chi connectivity index (χ0n) is 15.2. The van der Waals surface area contributed by atoms with E-state index in [0.29, 0.717) is 30.9 Å². The molecule has 0 spiro atoms. The molecule has 0 unspecified atom stereocenters. The van der Waals surface area contributed by atoms with Crippen LogP contribution in [0.1, 0.15) is 23.2 Å². The van der Waals surface area contributed by atoms with Crippen molar-refractivity contribution in [3.8, 4) is 5.75 Å². The van der Waals surface area contributed by atoms with Gasteiger partial charge in [0, 0.05) is 32.0 Å². The fourth-order valence-corrected chi connectivity index (χ4v) is 4.44. The summed E-state index contributed by atoms with van der Waals surface area (Å²) in [6.07, 6.45) is 4.70. The number of methoxy groups -OCH3 is 1. The molecule has 2 aromatic rings. The highest BCUT2D eigenvalue weighted by atomic mass is 32.2. The van der Waals surface area contributed by atoms with Crippen LogP contribution in [0, 0.1) is 5.92 Å². The van der Waals surface area contributed by atoms with E-state index in [9.17, 15) is 13.2 Å². The van der Waals surface area contributed by atoms with E-state index in [1.807, 2.05) is 0 Å². The zero-order chi connectivity index (χ0) is 19.3. The number of carbonyl (C=O) groups excluding carboxylic acids is 1. The van der Waals surface area contributed by atoms with Gasteiger partial charge in [-0.15, -0.1) is 0 Å². The van der Waals surface area contributed by atoms with Gasteiger partial charge in [-0.1, -0.05) is 12.1 Å². The van der Waals surface area contributed by atoms with Crippen molar-refractivity contribution in [3.63, 3.8) is 0 Å². The van der Waals surface area contributed by atoms with E-state index in [2.05, 4.69) is 9.71 Å². The summed E-state index contributed by atoms with van der Waals surface area (Å²) in [5.74, 6) is 0.477. The Bertz CT molecular complexity index is 879. The summed E-state index contributed by atoms with van der Waals surface area (Å²) in [5, 5.41) is 0. The van der Waals surface area contributed by atoms with Crippen LogP contribution in [-0.4, -0.2) is 51.0 Å².